The lowest BCUT2D eigenvalue weighted by Gasteiger charge is -2.39. The number of carbonyl (C=O) groups is 1. The van der Waals surface area contributed by atoms with Gasteiger partial charge in [0.25, 0.3) is 0 Å². The number of likely N-dealkylation sites (N-methyl/N-ethyl adjacent to an activating group) is 1. The third-order valence-electron chi connectivity index (χ3n) is 5.76. The van der Waals surface area contributed by atoms with E-state index in [-0.39, 0.29) is 11.9 Å². The van der Waals surface area contributed by atoms with Gasteiger partial charge < -0.3 is 4.90 Å². The molecular weight excluding hydrogens is 374 g/mol. The van der Waals surface area contributed by atoms with Crippen LogP contribution in [0.2, 0.25) is 0 Å². The Morgan fingerprint density at radius 1 is 1.04 bits per heavy atom. The van der Waals surface area contributed by atoms with Crippen LogP contribution in [0.4, 0.5) is 5.69 Å². The highest BCUT2D eigenvalue weighted by molar-refractivity contribution is 7.89. The first kappa shape index (κ1) is 19.1. The van der Waals surface area contributed by atoms with Crippen LogP contribution in [0, 0.1) is 0 Å². The molecule has 1 fully saturated rings. The molecule has 2 aromatic rings. The van der Waals surface area contributed by atoms with E-state index in [9.17, 15) is 13.2 Å². The maximum Gasteiger partial charge on any atom is 0.243 e. The van der Waals surface area contributed by atoms with Gasteiger partial charge in [-0.1, -0.05) is 30.3 Å². The lowest BCUT2D eigenvalue weighted by atomic mass is 10.0. The van der Waals surface area contributed by atoms with Crippen LogP contribution in [-0.4, -0.2) is 56.8 Å². The summed E-state index contributed by atoms with van der Waals surface area (Å²) in [5.41, 5.74) is 2.87. The van der Waals surface area contributed by atoms with Crippen molar-refractivity contribution in [2.24, 2.45) is 0 Å². The Kier molecular flexibility index (Phi) is 4.99. The zero-order chi connectivity index (χ0) is 19.9. The molecule has 1 saturated heterocycles. The van der Waals surface area contributed by atoms with Gasteiger partial charge in [0.05, 0.1) is 4.90 Å². The zero-order valence-corrected chi connectivity index (χ0v) is 17.0. The Balaban J connectivity index is 1.61. The normalized spacial score (nSPS) is 20.9. The van der Waals surface area contributed by atoms with Crippen molar-refractivity contribution in [3.05, 3.63) is 59.7 Å². The number of anilines is 1. The van der Waals surface area contributed by atoms with E-state index >= 15 is 0 Å². The van der Waals surface area contributed by atoms with Crippen molar-refractivity contribution in [1.29, 1.82) is 0 Å². The number of amides is 1. The number of rotatable bonds is 3. The number of nitrogens with zero attached hydrogens (tertiary/aromatic N) is 3. The molecule has 1 amide bonds. The van der Waals surface area contributed by atoms with E-state index in [1.54, 1.807) is 27.4 Å². The van der Waals surface area contributed by atoms with Gasteiger partial charge in [-0.2, -0.15) is 4.31 Å². The van der Waals surface area contributed by atoms with Gasteiger partial charge in [-0.3, -0.25) is 9.69 Å². The van der Waals surface area contributed by atoms with Crippen LogP contribution < -0.4 is 4.90 Å². The standard InChI is InChI=1S/C21H25N3O3S/c1-16(25)24-11-10-18-14-19(8-9-20(18)24)28(26,27)23-13-12-22(2)21(15-23)17-6-4-3-5-7-17/h3-9,14,21H,10-13,15H2,1-2H3. The molecule has 0 bridgehead atoms. The molecule has 6 nitrogen and oxygen atoms in total. The number of fused-ring (bicyclic) bond motifs is 1. The summed E-state index contributed by atoms with van der Waals surface area (Å²) in [6.45, 7) is 3.73. The summed E-state index contributed by atoms with van der Waals surface area (Å²) < 4.78 is 28.2. The molecule has 1 atom stereocenters. The van der Waals surface area contributed by atoms with Gasteiger partial charge in [0.15, 0.2) is 0 Å². The quantitative estimate of drug-likeness (QED) is 0.794. The molecule has 0 aliphatic carbocycles. The molecule has 7 heteroatoms. The van der Waals surface area contributed by atoms with Gasteiger partial charge in [0.2, 0.25) is 15.9 Å². The van der Waals surface area contributed by atoms with Crippen LogP contribution in [0.1, 0.15) is 24.1 Å². The second-order valence-corrected chi connectivity index (χ2v) is 9.42. The number of piperazine rings is 1. The van der Waals surface area contributed by atoms with Crippen LogP contribution >= 0.6 is 0 Å². The Morgan fingerprint density at radius 3 is 2.50 bits per heavy atom. The smallest absolute Gasteiger partial charge is 0.243 e. The van der Waals surface area contributed by atoms with E-state index in [4.69, 9.17) is 0 Å². The van der Waals surface area contributed by atoms with E-state index < -0.39 is 10.0 Å². The Labute approximate surface area is 166 Å². The summed E-state index contributed by atoms with van der Waals surface area (Å²) in [7, 11) is -1.55. The first-order valence-corrected chi connectivity index (χ1v) is 11.0. The third kappa shape index (κ3) is 3.34. The van der Waals surface area contributed by atoms with Gasteiger partial charge in [0.1, 0.15) is 0 Å². The van der Waals surface area contributed by atoms with Gasteiger partial charge in [-0.15, -0.1) is 0 Å². The molecule has 4 rings (SSSR count). The molecule has 2 aliphatic heterocycles. The minimum Gasteiger partial charge on any atom is -0.312 e. The summed E-state index contributed by atoms with van der Waals surface area (Å²) in [5.74, 6) is -0.0147. The average molecular weight is 400 g/mol. The second-order valence-electron chi connectivity index (χ2n) is 7.48. The summed E-state index contributed by atoms with van der Waals surface area (Å²) in [5, 5.41) is 0. The number of sulfonamides is 1. The minimum absolute atomic E-state index is 0.0147. The van der Waals surface area contributed by atoms with Gasteiger partial charge in [-0.05, 0) is 42.8 Å². The monoisotopic (exact) mass is 399 g/mol. The van der Waals surface area contributed by atoms with E-state index in [2.05, 4.69) is 4.90 Å². The fourth-order valence-electron chi connectivity index (χ4n) is 4.12. The molecule has 0 spiro atoms. The molecule has 0 saturated carbocycles. The van der Waals surface area contributed by atoms with Crippen LogP contribution in [-0.2, 0) is 21.2 Å². The average Bonchev–Trinajstić information content (AvgIpc) is 3.12. The number of carbonyl (C=O) groups excluding carboxylic acids is 1. The van der Waals surface area contributed by atoms with E-state index in [0.29, 0.717) is 37.5 Å². The Hall–Kier alpha value is -2.22. The largest absolute Gasteiger partial charge is 0.312 e. The highest BCUT2D eigenvalue weighted by atomic mass is 32.2. The number of hydrogen-bond acceptors (Lipinski definition) is 4. The summed E-state index contributed by atoms with van der Waals surface area (Å²) in [6, 6.07) is 15.2. The molecule has 0 N–H and O–H groups in total. The second kappa shape index (κ2) is 7.31. The summed E-state index contributed by atoms with van der Waals surface area (Å²) >= 11 is 0. The van der Waals surface area contributed by atoms with E-state index in [1.807, 2.05) is 37.4 Å². The maximum atomic E-state index is 13.3. The molecule has 28 heavy (non-hydrogen) atoms. The lowest BCUT2D eigenvalue weighted by molar-refractivity contribution is -0.116. The molecular formula is C21H25N3O3S. The summed E-state index contributed by atoms with van der Waals surface area (Å²) in [4.78, 5) is 16.0. The van der Waals surface area contributed by atoms with Crippen molar-refractivity contribution in [3.63, 3.8) is 0 Å². The van der Waals surface area contributed by atoms with Crippen molar-refractivity contribution in [3.8, 4) is 0 Å². The topological polar surface area (TPSA) is 60.9 Å². The molecule has 148 valence electrons. The molecule has 2 aliphatic rings. The molecule has 2 aromatic carbocycles. The van der Waals surface area contributed by atoms with E-state index in [1.165, 1.54) is 6.92 Å². The van der Waals surface area contributed by atoms with Crippen LogP contribution in [0.3, 0.4) is 0 Å². The Bertz CT molecular complexity index is 991. The Morgan fingerprint density at radius 2 is 1.79 bits per heavy atom. The molecule has 1 unspecified atom stereocenters. The van der Waals surface area contributed by atoms with E-state index in [0.717, 1.165) is 16.8 Å². The van der Waals surface area contributed by atoms with Crippen LogP contribution in [0.15, 0.2) is 53.4 Å². The fraction of sp³-hybridized carbons (Fsp3) is 0.381. The molecule has 2 heterocycles. The van der Waals surface area contributed by atoms with Crippen molar-refractivity contribution in [2.45, 2.75) is 24.3 Å². The minimum atomic E-state index is -3.58. The molecule has 0 radical (unpaired) electrons. The highest BCUT2D eigenvalue weighted by Crippen LogP contribution is 2.33. The first-order chi connectivity index (χ1) is 13.4. The fourth-order valence-corrected chi connectivity index (χ4v) is 5.61. The van der Waals surface area contributed by atoms with Crippen molar-refractivity contribution in [2.75, 3.05) is 38.1 Å². The third-order valence-corrected chi connectivity index (χ3v) is 7.62. The lowest BCUT2D eigenvalue weighted by Crippen LogP contribution is -2.48. The van der Waals surface area contributed by atoms with Crippen molar-refractivity contribution < 1.29 is 13.2 Å². The number of hydrogen-bond donors (Lipinski definition) is 0. The SMILES string of the molecule is CC(=O)N1CCc2cc(S(=O)(=O)N3CCN(C)C(c4ccccc4)C3)ccc21. The maximum absolute atomic E-state index is 13.3. The van der Waals surface area contributed by atoms with Gasteiger partial charge in [0, 0.05) is 44.8 Å². The van der Waals surface area contributed by atoms with Gasteiger partial charge in [-0.25, -0.2) is 8.42 Å². The van der Waals surface area contributed by atoms with Crippen molar-refractivity contribution in [1.82, 2.24) is 9.21 Å². The predicted molar refractivity (Wildman–Crippen MR) is 109 cm³/mol. The van der Waals surface area contributed by atoms with Gasteiger partial charge >= 0.3 is 0 Å². The first-order valence-electron chi connectivity index (χ1n) is 9.54. The number of benzene rings is 2. The van der Waals surface area contributed by atoms with Crippen LogP contribution in [0.25, 0.3) is 0 Å². The van der Waals surface area contributed by atoms with Crippen LogP contribution in [0.5, 0.6) is 0 Å². The zero-order valence-electron chi connectivity index (χ0n) is 16.2. The molecule has 0 aromatic heterocycles. The van der Waals surface area contributed by atoms with Crippen molar-refractivity contribution >= 4 is 21.6 Å². The predicted octanol–water partition coefficient (Wildman–Crippen LogP) is 2.27. The summed E-state index contributed by atoms with van der Waals surface area (Å²) in [6.07, 6.45) is 0.688. The highest BCUT2D eigenvalue weighted by Gasteiger charge is 2.34.